The Kier molecular flexibility index (Phi) is 6.48. The Morgan fingerprint density at radius 2 is 1.70 bits per heavy atom. The molecule has 0 aliphatic heterocycles. The zero-order chi connectivity index (χ0) is 21.9. The van der Waals surface area contributed by atoms with Gasteiger partial charge < -0.3 is 4.90 Å². The molecule has 3 aromatic carbocycles. The molecule has 0 heterocycles. The predicted molar refractivity (Wildman–Crippen MR) is 120 cm³/mol. The fourth-order valence-electron chi connectivity index (χ4n) is 3.11. The molecule has 0 aliphatic rings. The van der Waals surface area contributed by atoms with Gasteiger partial charge in [-0.15, -0.1) is 0 Å². The molecule has 0 spiro atoms. The van der Waals surface area contributed by atoms with Gasteiger partial charge >= 0.3 is 0 Å². The van der Waals surface area contributed by atoms with E-state index in [-0.39, 0.29) is 10.8 Å². The number of anilines is 1. The zero-order valence-corrected chi connectivity index (χ0v) is 18.6. The van der Waals surface area contributed by atoms with Crippen LogP contribution in [0.1, 0.15) is 27.0 Å². The third-order valence-electron chi connectivity index (χ3n) is 4.69. The molecule has 0 fully saturated rings. The van der Waals surface area contributed by atoms with Crippen LogP contribution < -0.4 is 4.72 Å². The van der Waals surface area contributed by atoms with Crippen molar-refractivity contribution in [1.29, 1.82) is 0 Å². The van der Waals surface area contributed by atoms with Gasteiger partial charge in [0, 0.05) is 24.2 Å². The third-order valence-corrected chi connectivity index (χ3v) is 6.32. The van der Waals surface area contributed by atoms with Gasteiger partial charge in [-0.1, -0.05) is 41.4 Å². The number of hydrogen-bond donors (Lipinski definition) is 1. The summed E-state index contributed by atoms with van der Waals surface area (Å²) in [5, 5.41) is 0.461. The first-order chi connectivity index (χ1) is 14.2. The molecule has 0 saturated carbocycles. The largest absolute Gasteiger partial charge is 0.337 e. The van der Waals surface area contributed by atoms with E-state index in [2.05, 4.69) is 4.72 Å². The minimum atomic E-state index is -3.75. The van der Waals surface area contributed by atoms with E-state index in [1.165, 1.54) is 24.3 Å². The molecule has 0 saturated heterocycles. The minimum Gasteiger partial charge on any atom is -0.337 e. The van der Waals surface area contributed by atoms with Gasteiger partial charge in [0.1, 0.15) is 0 Å². The number of aryl methyl sites for hydroxylation is 2. The zero-order valence-electron chi connectivity index (χ0n) is 17.0. The maximum atomic E-state index is 12.8. The predicted octanol–water partition coefficient (Wildman–Crippen LogP) is 5.03. The Labute approximate surface area is 182 Å². The highest BCUT2D eigenvalue weighted by molar-refractivity contribution is 7.92. The average molecular weight is 443 g/mol. The highest BCUT2D eigenvalue weighted by Gasteiger charge is 2.17. The molecule has 0 atom stereocenters. The lowest BCUT2D eigenvalue weighted by Crippen LogP contribution is -2.26. The van der Waals surface area contributed by atoms with Gasteiger partial charge in [-0.25, -0.2) is 8.42 Å². The number of halogens is 1. The van der Waals surface area contributed by atoms with Gasteiger partial charge in [0.15, 0.2) is 0 Å². The van der Waals surface area contributed by atoms with Crippen molar-refractivity contribution in [2.45, 2.75) is 25.3 Å². The van der Waals surface area contributed by atoms with E-state index in [0.29, 0.717) is 28.4 Å². The van der Waals surface area contributed by atoms with Crippen molar-refractivity contribution in [1.82, 2.24) is 4.90 Å². The van der Waals surface area contributed by atoms with Crippen molar-refractivity contribution in [3.63, 3.8) is 0 Å². The van der Waals surface area contributed by atoms with E-state index in [1.54, 1.807) is 37.1 Å². The molecule has 7 heteroatoms. The summed E-state index contributed by atoms with van der Waals surface area (Å²) in [4.78, 5) is 14.6. The normalized spacial score (nSPS) is 11.2. The van der Waals surface area contributed by atoms with Crippen LogP contribution in [-0.2, 0) is 16.6 Å². The SMILES string of the molecule is Cc1cccc(CN(C)C(=O)c2ccc(NS(=O)(=O)c3ccc(Cl)cc3)c(C)c2)c1. The number of sulfonamides is 1. The van der Waals surface area contributed by atoms with Gasteiger partial charge in [0.25, 0.3) is 15.9 Å². The average Bonchev–Trinajstić information content (AvgIpc) is 2.69. The molecular weight excluding hydrogens is 420 g/mol. The molecule has 5 nitrogen and oxygen atoms in total. The van der Waals surface area contributed by atoms with Crippen LogP contribution in [-0.4, -0.2) is 26.3 Å². The molecule has 0 aromatic heterocycles. The van der Waals surface area contributed by atoms with Crippen LogP contribution in [0.25, 0.3) is 0 Å². The number of amides is 1. The number of rotatable bonds is 6. The second-order valence-corrected chi connectivity index (χ2v) is 9.36. The molecule has 3 aromatic rings. The van der Waals surface area contributed by atoms with Crippen LogP contribution in [0.15, 0.2) is 71.6 Å². The Balaban J connectivity index is 1.75. The van der Waals surface area contributed by atoms with Gasteiger partial charge in [-0.05, 0) is 67.4 Å². The van der Waals surface area contributed by atoms with Crippen LogP contribution in [0.5, 0.6) is 0 Å². The molecule has 0 radical (unpaired) electrons. The van der Waals surface area contributed by atoms with Crippen molar-refractivity contribution in [2.75, 3.05) is 11.8 Å². The van der Waals surface area contributed by atoms with Crippen LogP contribution in [0.3, 0.4) is 0 Å². The maximum Gasteiger partial charge on any atom is 0.261 e. The molecule has 1 N–H and O–H groups in total. The summed E-state index contributed by atoms with van der Waals surface area (Å²) >= 11 is 5.83. The smallest absolute Gasteiger partial charge is 0.261 e. The summed E-state index contributed by atoms with van der Waals surface area (Å²) in [7, 11) is -2.00. The Hall–Kier alpha value is -2.83. The Bertz CT molecular complexity index is 1180. The topological polar surface area (TPSA) is 66.5 Å². The van der Waals surface area contributed by atoms with E-state index in [0.717, 1.165) is 11.1 Å². The molecule has 0 bridgehead atoms. The number of carbonyl (C=O) groups is 1. The third kappa shape index (κ3) is 5.20. The van der Waals surface area contributed by atoms with E-state index < -0.39 is 10.0 Å². The summed E-state index contributed by atoms with van der Waals surface area (Å²) in [6, 6.07) is 18.9. The number of hydrogen-bond acceptors (Lipinski definition) is 3. The lowest BCUT2D eigenvalue weighted by Gasteiger charge is -2.19. The molecule has 1 amide bonds. The van der Waals surface area contributed by atoms with Crippen LogP contribution in [0.4, 0.5) is 5.69 Å². The molecule has 0 aliphatic carbocycles. The standard InChI is InChI=1S/C23H23ClN2O3S/c1-16-5-4-6-18(13-16)15-26(3)23(27)19-7-12-22(17(2)14-19)25-30(28,29)21-10-8-20(24)9-11-21/h4-14,25H,15H2,1-3H3. The van der Waals surface area contributed by atoms with Gasteiger partial charge in [-0.2, -0.15) is 0 Å². The summed E-state index contributed by atoms with van der Waals surface area (Å²) < 4.78 is 27.8. The van der Waals surface area contributed by atoms with Crippen LogP contribution >= 0.6 is 11.6 Å². The van der Waals surface area contributed by atoms with E-state index >= 15 is 0 Å². The van der Waals surface area contributed by atoms with Crippen LogP contribution in [0, 0.1) is 13.8 Å². The number of nitrogens with zero attached hydrogens (tertiary/aromatic N) is 1. The van der Waals surface area contributed by atoms with Crippen molar-refractivity contribution in [2.24, 2.45) is 0 Å². The fourth-order valence-corrected chi connectivity index (χ4v) is 4.36. The highest BCUT2D eigenvalue weighted by atomic mass is 35.5. The lowest BCUT2D eigenvalue weighted by atomic mass is 10.1. The second-order valence-electron chi connectivity index (χ2n) is 7.24. The molecule has 156 valence electrons. The summed E-state index contributed by atoms with van der Waals surface area (Å²) in [5.41, 5.74) is 3.76. The fraction of sp³-hybridized carbons (Fsp3) is 0.174. The van der Waals surface area contributed by atoms with Gasteiger partial charge in [0.05, 0.1) is 10.6 Å². The first kappa shape index (κ1) is 21.9. The quantitative estimate of drug-likeness (QED) is 0.582. The highest BCUT2D eigenvalue weighted by Crippen LogP contribution is 2.23. The van der Waals surface area contributed by atoms with Gasteiger partial charge in [-0.3, -0.25) is 9.52 Å². The molecular formula is C23H23ClN2O3S. The van der Waals surface area contributed by atoms with Crippen molar-refractivity contribution in [3.05, 3.63) is 94.0 Å². The summed E-state index contributed by atoms with van der Waals surface area (Å²) in [6.07, 6.45) is 0. The minimum absolute atomic E-state index is 0.115. The molecule has 30 heavy (non-hydrogen) atoms. The van der Waals surface area contributed by atoms with E-state index in [9.17, 15) is 13.2 Å². The van der Waals surface area contributed by atoms with Crippen LogP contribution in [0.2, 0.25) is 5.02 Å². The van der Waals surface area contributed by atoms with Crippen molar-refractivity contribution >= 4 is 33.2 Å². The number of benzene rings is 3. The lowest BCUT2D eigenvalue weighted by molar-refractivity contribution is 0.0785. The summed E-state index contributed by atoms with van der Waals surface area (Å²) in [5.74, 6) is -0.133. The Morgan fingerprint density at radius 1 is 1.00 bits per heavy atom. The number of nitrogens with one attached hydrogen (secondary N) is 1. The van der Waals surface area contributed by atoms with Crippen molar-refractivity contribution < 1.29 is 13.2 Å². The van der Waals surface area contributed by atoms with E-state index in [1.807, 2.05) is 31.2 Å². The Morgan fingerprint density at radius 3 is 2.33 bits per heavy atom. The maximum absolute atomic E-state index is 12.8. The second kappa shape index (κ2) is 8.90. The first-order valence-corrected chi connectivity index (χ1v) is 11.2. The van der Waals surface area contributed by atoms with E-state index in [4.69, 9.17) is 11.6 Å². The monoisotopic (exact) mass is 442 g/mol. The number of carbonyl (C=O) groups excluding carboxylic acids is 1. The molecule has 0 unspecified atom stereocenters. The summed E-state index contributed by atoms with van der Waals surface area (Å²) in [6.45, 7) is 4.26. The molecule has 3 rings (SSSR count). The van der Waals surface area contributed by atoms with Gasteiger partial charge in [0.2, 0.25) is 0 Å². The van der Waals surface area contributed by atoms with Crippen molar-refractivity contribution in [3.8, 4) is 0 Å². The first-order valence-electron chi connectivity index (χ1n) is 9.36.